The fourth-order valence-electron chi connectivity index (χ4n) is 3.48. The molecule has 1 aliphatic heterocycles. The van der Waals surface area contributed by atoms with Gasteiger partial charge in [0.1, 0.15) is 10.7 Å². The average molecular weight is 464 g/mol. The van der Waals surface area contributed by atoms with Gasteiger partial charge >= 0.3 is 0 Å². The van der Waals surface area contributed by atoms with Crippen LogP contribution in [0.15, 0.2) is 64.1 Å². The molecular weight excluding hydrogens is 445 g/mol. The number of nitrogens with zero attached hydrogens (tertiary/aromatic N) is 3. The highest BCUT2D eigenvalue weighted by atomic mass is 79.9. The lowest BCUT2D eigenvalue weighted by Crippen LogP contribution is -2.48. The van der Waals surface area contributed by atoms with Crippen molar-refractivity contribution < 1.29 is 12.8 Å². The summed E-state index contributed by atoms with van der Waals surface area (Å²) < 4.78 is 41.7. The van der Waals surface area contributed by atoms with Crippen LogP contribution in [0.3, 0.4) is 0 Å². The topological polar surface area (TPSA) is 53.5 Å². The van der Waals surface area contributed by atoms with E-state index < -0.39 is 15.8 Å². The Morgan fingerprint density at radius 2 is 1.79 bits per heavy atom. The third-order valence-corrected chi connectivity index (χ3v) is 7.36. The summed E-state index contributed by atoms with van der Waals surface area (Å²) in [4.78, 5) is 6.40. The standard InChI is InChI=1S/C20H19BrFN3O2S/c21-17-6-7-18(22)19(13-17)28(26,27)25-11-9-24(10-12-25)14-16-4-1-3-15-5-2-8-23-20(15)16/h1-8,13H,9-12,14H2. The number of fused-ring (bicyclic) bond motifs is 1. The molecule has 1 aromatic heterocycles. The Hall–Kier alpha value is -1.87. The van der Waals surface area contributed by atoms with Crippen molar-refractivity contribution in [1.29, 1.82) is 0 Å². The van der Waals surface area contributed by atoms with Crippen LogP contribution < -0.4 is 0 Å². The maximum absolute atomic E-state index is 14.1. The van der Waals surface area contributed by atoms with Crippen molar-refractivity contribution in [2.75, 3.05) is 26.2 Å². The number of sulfonamides is 1. The highest BCUT2D eigenvalue weighted by Gasteiger charge is 2.30. The lowest BCUT2D eigenvalue weighted by molar-refractivity contribution is 0.182. The van der Waals surface area contributed by atoms with Crippen LogP contribution in [0.25, 0.3) is 10.9 Å². The van der Waals surface area contributed by atoms with Gasteiger partial charge in [0.15, 0.2) is 0 Å². The van der Waals surface area contributed by atoms with Crippen molar-refractivity contribution in [3.63, 3.8) is 0 Å². The summed E-state index contributed by atoms with van der Waals surface area (Å²) in [6.07, 6.45) is 1.78. The molecule has 0 N–H and O–H groups in total. The first kappa shape index (κ1) is 19.4. The molecule has 0 aliphatic carbocycles. The van der Waals surface area contributed by atoms with Crippen molar-refractivity contribution in [2.45, 2.75) is 11.4 Å². The lowest BCUT2D eigenvalue weighted by Gasteiger charge is -2.34. The van der Waals surface area contributed by atoms with Gasteiger partial charge in [0.05, 0.1) is 5.52 Å². The molecule has 146 valence electrons. The maximum Gasteiger partial charge on any atom is 0.246 e. The average Bonchev–Trinajstić information content (AvgIpc) is 2.70. The fraction of sp³-hybridized carbons (Fsp3) is 0.250. The van der Waals surface area contributed by atoms with E-state index in [9.17, 15) is 12.8 Å². The Kier molecular flexibility index (Phi) is 5.46. The van der Waals surface area contributed by atoms with Crippen LogP contribution in [0.5, 0.6) is 0 Å². The number of pyridine rings is 1. The third kappa shape index (κ3) is 3.82. The zero-order chi connectivity index (χ0) is 19.7. The first-order valence-corrected chi connectivity index (χ1v) is 11.2. The fourth-order valence-corrected chi connectivity index (χ4v) is 5.50. The van der Waals surface area contributed by atoms with E-state index in [-0.39, 0.29) is 4.90 Å². The summed E-state index contributed by atoms with van der Waals surface area (Å²) in [5, 5.41) is 1.09. The second-order valence-electron chi connectivity index (χ2n) is 6.75. The molecule has 8 heteroatoms. The highest BCUT2D eigenvalue weighted by molar-refractivity contribution is 9.10. The van der Waals surface area contributed by atoms with Gasteiger partial charge in [-0.3, -0.25) is 9.88 Å². The van der Waals surface area contributed by atoms with Gasteiger partial charge in [-0.1, -0.05) is 40.2 Å². The van der Waals surface area contributed by atoms with E-state index >= 15 is 0 Å². The van der Waals surface area contributed by atoms with E-state index in [4.69, 9.17) is 0 Å². The molecule has 0 unspecified atom stereocenters. The molecule has 4 rings (SSSR count). The van der Waals surface area contributed by atoms with Gasteiger partial charge in [0.2, 0.25) is 10.0 Å². The molecule has 0 bridgehead atoms. The molecule has 1 aliphatic rings. The molecular formula is C20H19BrFN3O2S. The molecule has 28 heavy (non-hydrogen) atoms. The molecule has 0 amide bonds. The summed E-state index contributed by atoms with van der Waals surface area (Å²) >= 11 is 3.22. The van der Waals surface area contributed by atoms with Gasteiger partial charge in [0.25, 0.3) is 0 Å². The molecule has 1 fully saturated rings. The monoisotopic (exact) mass is 463 g/mol. The summed E-state index contributed by atoms with van der Waals surface area (Å²) in [6, 6.07) is 14.0. The first-order chi connectivity index (χ1) is 13.4. The van der Waals surface area contributed by atoms with Crippen molar-refractivity contribution in [3.8, 4) is 0 Å². The number of para-hydroxylation sites is 1. The lowest BCUT2D eigenvalue weighted by atomic mass is 10.1. The van der Waals surface area contributed by atoms with Crippen LogP contribution in [0.2, 0.25) is 0 Å². The Bertz CT molecular complexity index is 1110. The minimum Gasteiger partial charge on any atom is -0.296 e. The van der Waals surface area contributed by atoms with E-state index in [2.05, 4.69) is 31.9 Å². The maximum atomic E-state index is 14.1. The SMILES string of the molecule is O=S(=O)(c1cc(Br)ccc1F)N1CCN(Cc2cccc3cccnc23)CC1. The molecule has 5 nitrogen and oxygen atoms in total. The largest absolute Gasteiger partial charge is 0.296 e. The predicted octanol–water partition coefficient (Wildman–Crippen LogP) is 3.64. The Morgan fingerprint density at radius 1 is 1.04 bits per heavy atom. The minimum atomic E-state index is -3.86. The van der Waals surface area contributed by atoms with Crippen molar-refractivity contribution in [3.05, 3.63) is 70.6 Å². The Morgan fingerprint density at radius 3 is 2.57 bits per heavy atom. The van der Waals surface area contributed by atoms with Crippen LogP contribution in [-0.4, -0.2) is 48.8 Å². The number of rotatable bonds is 4. The number of benzene rings is 2. The number of aromatic nitrogens is 1. The van der Waals surface area contributed by atoms with Crippen molar-refractivity contribution >= 4 is 36.9 Å². The Labute approximate surface area is 172 Å². The molecule has 3 aromatic rings. The summed E-state index contributed by atoms with van der Waals surface area (Å²) in [7, 11) is -3.86. The normalized spacial score (nSPS) is 16.5. The Balaban J connectivity index is 1.48. The molecule has 0 radical (unpaired) electrons. The summed E-state index contributed by atoms with van der Waals surface area (Å²) in [6.45, 7) is 2.52. The quantitative estimate of drug-likeness (QED) is 0.592. The van der Waals surface area contributed by atoms with E-state index in [0.717, 1.165) is 16.5 Å². The summed E-state index contributed by atoms with van der Waals surface area (Å²) in [5.74, 6) is -0.729. The van der Waals surface area contributed by atoms with Crippen LogP contribution >= 0.6 is 15.9 Å². The number of hydrogen-bond acceptors (Lipinski definition) is 4. The van der Waals surface area contributed by atoms with E-state index in [1.165, 1.54) is 22.5 Å². The van der Waals surface area contributed by atoms with Crippen molar-refractivity contribution in [1.82, 2.24) is 14.2 Å². The molecule has 2 aromatic carbocycles. The van der Waals surface area contributed by atoms with Crippen LogP contribution in [-0.2, 0) is 16.6 Å². The molecule has 0 spiro atoms. The highest BCUT2D eigenvalue weighted by Crippen LogP contribution is 2.25. The van der Waals surface area contributed by atoms with Gasteiger partial charge in [0, 0.05) is 48.8 Å². The predicted molar refractivity (Wildman–Crippen MR) is 110 cm³/mol. The number of hydrogen-bond donors (Lipinski definition) is 0. The van der Waals surface area contributed by atoms with Gasteiger partial charge in [-0.05, 0) is 29.8 Å². The zero-order valence-corrected chi connectivity index (χ0v) is 17.5. The second kappa shape index (κ2) is 7.87. The van der Waals surface area contributed by atoms with E-state index in [0.29, 0.717) is 37.2 Å². The van der Waals surface area contributed by atoms with Gasteiger partial charge < -0.3 is 0 Å². The van der Waals surface area contributed by atoms with E-state index in [1.54, 1.807) is 6.20 Å². The van der Waals surface area contributed by atoms with Crippen molar-refractivity contribution in [2.24, 2.45) is 0 Å². The van der Waals surface area contributed by atoms with Gasteiger partial charge in [-0.15, -0.1) is 0 Å². The summed E-state index contributed by atoms with van der Waals surface area (Å²) in [5.41, 5.74) is 2.09. The smallest absolute Gasteiger partial charge is 0.246 e. The molecule has 0 saturated carbocycles. The second-order valence-corrected chi connectivity index (χ2v) is 9.57. The van der Waals surface area contributed by atoms with Gasteiger partial charge in [-0.2, -0.15) is 4.31 Å². The zero-order valence-electron chi connectivity index (χ0n) is 15.1. The minimum absolute atomic E-state index is 0.284. The van der Waals surface area contributed by atoms with Gasteiger partial charge in [-0.25, -0.2) is 12.8 Å². The number of halogens is 2. The molecule has 1 saturated heterocycles. The number of piperazine rings is 1. The van der Waals surface area contributed by atoms with Crippen LogP contribution in [0.4, 0.5) is 4.39 Å². The van der Waals surface area contributed by atoms with E-state index in [1.807, 2.05) is 24.3 Å². The molecule has 0 atom stereocenters. The van der Waals surface area contributed by atoms with Crippen LogP contribution in [0.1, 0.15) is 5.56 Å². The molecule has 2 heterocycles. The first-order valence-electron chi connectivity index (χ1n) is 8.95. The van der Waals surface area contributed by atoms with Crippen LogP contribution in [0, 0.1) is 5.82 Å². The third-order valence-electron chi connectivity index (χ3n) is 4.95.